The zero-order valence-electron chi connectivity index (χ0n) is 35.9. The van der Waals surface area contributed by atoms with Gasteiger partial charge < -0.3 is 29.7 Å². The van der Waals surface area contributed by atoms with Crippen LogP contribution in [0, 0.1) is 5.41 Å². The van der Waals surface area contributed by atoms with Gasteiger partial charge in [0.15, 0.2) is 10.5 Å². The number of likely N-dealkylation sites (tertiary alicyclic amines) is 1. The maximum Gasteiger partial charge on any atom is 0.408 e. The van der Waals surface area contributed by atoms with Gasteiger partial charge in [0, 0.05) is 35.1 Å². The second-order valence-corrected chi connectivity index (χ2v) is 20.4. The molecule has 0 spiro atoms. The van der Waals surface area contributed by atoms with E-state index in [1.54, 1.807) is 85.1 Å². The standard InChI is InChI=1S/C46H53N5O10S/c1-43(2,3)37(48-42(56)61-44(4,5)6)40(54)51-27-31(60-36-26-33(28-14-10-8-11-15-28)47-34-24-30(59-7)18-19-32(34)36)25-35(51)39(53)49-45(20-21-45)41(55)50-62(57,58)46(22-23-46)38(52)29-16-12-9-13-17-29/h8-19,24,26,31,35,37H,20-23,25,27H2,1-7H3,(H,48,56)(H,49,53)(H,50,55)/t31-,35+,37-/m1/s1. The number of alkyl carbamates (subject to hydrolysis) is 1. The molecule has 1 saturated heterocycles. The van der Waals surface area contributed by atoms with E-state index in [9.17, 15) is 32.4 Å². The molecule has 1 aromatic heterocycles. The number of amides is 4. The first-order valence-electron chi connectivity index (χ1n) is 20.6. The van der Waals surface area contributed by atoms with Crippen LogP contribution in [0.4, 0.5) is 4.79 Å². The number of nitrogens with one attached hydrogen (secondary N) is 3. The lowest BCUT2D eigenvalue weighted by molar-refractivity contribution is -0.143. The zero-order valence-corrected chi connectivity index (χ0v) is 36.8. The Morgan fingerprint density at radius 3 is 2.08 bits per heavy atom. The normalized spacial score (nSPS) is 19.4. The summed E-state index contributed by atoms with van der Waals surface area (Å²) in [5.74, 6) is -1.85. The van der Waals surface area contributed by atoms with Crippen molar-refractivity contribution in [2.24, 2.45) is 5.41 Å². The van der Waals surface area contributed by atoms with Crippen molar-refractivity contribution in [2.75, 3.05) is 13.7 Å². The third-order valence-electron chi connectivity index (χ3n) is 11.4. The number of hydrogen-bond donors (Lipinski definition) is 3. The van der Waals surface area contributed by atoms with Gasteiger partial charge in [-0.05, 0) is 64.0 Å². The fourth-order valence-electron chi connectivity index (χ4n) is 7.71. The van der Waals surface area contributed by atoms with Gasteiger partial charge in [0.05, 0.1) is 24.9 Å². The van der Waals surface area contributed by atoms with Gasteiger partial charge >= 0.3 is 6.09 Å². The van der Waals surface area contributed by atoms with E-state index >= 15 is 0 Å². The van der Waals surface area contributed by atoms with Gasteiger partial charge in [-0.15, -0.1) is 0 Å². The summed E-state index contributed by atoms with van der Waals surface area (Å²) in [6.45, 7) is 10.3. The predicted molar refractivity (Wildman–Crippen MR) is 231 cm³/mol. The highest BCUT2D eigenvalue weighted by Crippen LogP contribution is 2.47. The van der Waals surface area contributed by atoms with Gasteiger partial charge in [0.2, 0.25) is 21.8 Å². The number of pyridine rings is 1. The highest BCUT2D eigenvalue weighted by Gasteiger charge is 2.63. The van der Waals surface area contributed by atoms with Crippen LogP contribution in [0.25, 0.3) is 22.2 Å². The molecule has 2 saturated carbocycles. The Kier molecular flexibility index (Phi) is 11.6. The molecule has 328 valence electrons. The summed E-state index contributed by atoms with van der Waals surface area (Å²) >= 11 is 0. The SMILES string of the molecule is COc1ccc2c(O[C@@H]3C[C@@H](C(=O)NC4(C(=O)NS(=O)(=O)C5(C(=O)c6ccccc6)CC5)CC4)N(C(=O)[C@@H](NC(=O)OC(C)(C)C)C(C)(C)C)C3)cc(-c3ccccc3)nc2c1. The summed E-state index contributed by atoms with van der Waals surface area (Å²) in [7, 11) is -2.95. The number of ketones is 1. The Labute approximate surface area is 361 Å². The molecule has 16 heteroatoms. The van der Waals surface area contributed by atoms with Crippen LogP contribution in [0.1, 0.15) is 84.0 Å². The largest absolute Gasteiger partial charge is 0.497 e. The molecule has 15 nitrogen and oxygen atoms in total. The number of hydrogen-bond acceptors (Lipinski definition) is 11. The average Bonchev–Trinajstić information content (AvgIpc) is 4.15. The van der Waals surface area contributed by atoms with Gasteiger partial charge in [0.1, 0.15) is 40.8 Å². The molecule has 2 heterocycles. The number of fused-ring (bicyclic) bond motifs is 1. The lowest BCUT2D eigenvalue weighted by Gasteiger charge is -2.36. The first-order chi connectivity index (χ1) is 29.1. The first kappa shape index (κ1) is 44.0. The molecule has 3 atom stereocenters. The lowest BCUT2D eigenvalue weighted by Crippen LogP contribution is -2.60. The van der Waals surface area contributed by atoms with Crippen LogP contribution >= 0.6 is 0 Å². The van der Waals surface area contributed by atoms with Crippen molar-refractivity contribution >= 4 is 50.5 Å². The van der Waals surface area contributed by atoms with E-state index in [0.717, 1.165) is 5.56 Å². The minimum Gasteiger partial charge on any atom is -0.497 e. The Morgan fingerprint density at radius 1 is 0.855 bits per heavy atom. The first-order valence-corrected chi connectivity index (χ1v) is 22.1. The smallest absolute Gasteiger partial charge is 0.408 e. The van der Waals surface area contributed by atoms with E-state index < -0.39 is 79.1 Å². The van der Waals surface area contributed by atoms with Crippen molar-refractivity contribution in [1.82, 2.24) is 25.2 Å². The number of carbonyl (C=O) groups excluding carboxylic acids is 5. The second kappa shape index (κ2) is 16.3. The topological polar surface area (TPSA) is 199 Å². The minimum absolute atomic E-state index is 0.0216. The molecule has 4 aromatic rings. The minimum atomic E-state index is -4.51. The van der Waals surface area contributed by atoms with Crippen LogP contribution in [0.5, 0.6) is 11.5 Å². The highest BCUT2D eigenvalue weighted by atomic mass is 32.2. The lowest BCUT2D eigenvalue weighted by atomic mass is 9.85. The van der Waals surface area contributed by atoms with Crippen LogP contribution in [-0.4, -0.2) is 95.6 Å². The quantitative estimate of drug-likeness (QED) is 0.139. The van der Waals surface area contributed by atoms with Crippen molar-refractivity contribution < 1.29 is 46.6 Å². The van der Waals surface area contributed by atoms with E-state index in [0.29, 0.717) is 28.1 Å². The molecule has 0 bridgehead atoms. The number of benzene rings is 3. The van der Waals surface area contributed by atoms with Crippen molar-refractivity contribution in [3.63, 3.8) is 0 Å². The zero-order chi connectivity index (χ0) is 44.8. The molecule has 3 aromatic carbocycles. The maximum atomic E-state index is 14.7. The molecule has 0 radical (unpaired) electrons. The van der Waals surface area contributed by atoms with E-state index in [-0.39, 0.29) is 44.2 Å². The van der Waals surface area contributed by atoms with E-state index in [1.807, 2.05) is 36.4 Å². The van der Waals surface area contributed by atoms with Crippen molar-refractivity contribution in [3.05, 3.63) is 90.5 Å². The molecular formula is C46H53N5O10S. The molecule has 3 N–H and O–H groups in total. The second-order valence-electron chi connectivity index (χ2n) is 18.4. The van der Waals surface area contributed by atoms with E-state index in [1.165, 1.54) is 17.0 Å². The number of rotatable bonds is 13. The fourth-order valence-corrected chi connectivity index (χ4v) is 9.34. The van der Waals surface area contributed by atoms with Crippen LogP contribution < -0.4 is 24.8 Å². The third-order valence-corrected chi connectivity index (χ3v) is 13.5. The van der Waals surface area contributed by atoms with Crippen molar-refractivity contribution in [2.45, 2.75) is 108 Å². The molecule has 3 fully saturated rings. The number of carbonyl (C=O) groups is 5. The number of nitrogens with zero attached hydrogens (tertiary/aromatic N) is 2. The molecule has 62 heavy (non-hydrogen) atoms. The summed E-state index contributed by atoms with van der Waals surface area (Å²) in [6, 6.07) is 22.3. The van der Waals surface area contributed by atoms with Crippen molar-refractivity contribution in [3.8, 4) is 22.8 Å². The van der Waals surface area contributed by atoms with Gasteiger partial charge in [-0.2, -0.15) is 0 Å². The van der Waals surface area contributed by atoms with Gasteiger partial charge in [0.25, 0.3) is 5.91 Å². The molecule has 2 aliphatic carbocycles. The van der Waals surface area contributed by atoms with E-state index in [2.05, 4.69) is 15.4 Å². The monoisotopic (exact) mass is 867 g/mol. The molecule has 1 aliphatic heterocycles. The summed E-state index contributed by atoms with van der Waals surface area (Å²) < 4.78 is 45.4. The number of Topliss-reactive ketones (excluding diaryl/α,β-unsaturated/α-hetero) is 1. The molecule has 3 aliphatic rings. The number of methoxy groups -OCH3 is 1. The summed E-state index contributed by atoms with van der Waals surface area (Å²) in [5, 5.41) is 6.14. The van der Waals surface area contributed by atoms with Crippen LogP contribution in [0.2, 0.25) is 0 Å². The third kappa shape index (κ3) is 9.10. The number of aromatic nitrogens is 1. The van der Waals surface area contributed by atoms with Gasteiger partial charge in [-0.3, -0.25) is 23.9 Å². The van der Waals surface area contributed by atoms with Crippen LogP contribution in [0.15, 0.2) is 84.9 Å². The summed E-state index contributed by atoms with van der Waals surface area (Å²) in [4.78, 5) is 75.8. The molecule has 7 rings (SSSR count). The maximum absolute atomic E-state index is 14.7. The molecule has 4 amide bonds. The average molecular weight is 868 g/mol. The summed E-state index contributed by atoms with van der Waals surface area (Å²) in [6.07, 6.45) is -1.27. The van der Waals surface area contributed by atoms with Crippen LogP contribution in [-0.2, 0) is 29.1 Å². The molecular weight excluding hydrogens is 815 g/mol. The summed E-state index contributed by atoms with van der Waals surface area (Å²) in [5.41, 5.74) is -1.08. The Morgan fingerprint density at radius 2 is 1.50 bits per heavy atom. The molecule has 0 unspecified atom stereocenters. The Hall–Kier alpha value is -6.03. The van der Waals surface area contributed by atoms with Gasteiger partial charge in [-0.1, -0.05) is 81.4 Å². The fraction of sp³-hybridized carbons (Fsp3) is 0.435. The van der Waals surface area contributed by atoms with Crippen molar-refractivity contribution in [1.29, 1.82) is 0 Å². The number of ether oxygens (including phenoxy) is 3. The van der Waals surface area contributed by atoms with E-state index in [4.69, 9.17) is 19.2 Å². The number of sulfonamides is 1. The highest BCUT2D eigenvalue weighted by molar-refractivity contribution is 7.92. The Bertz CT molecular complexity index is 2510. The Balaban J connectivity index is 1.18. The van der Waals surface area contributed by atoms with Gasteiger partial charge in [-0.25, -0.2) is 18.2 Å². The predicted octanol–water partition coefficient (Wildman–Crippen LogP) is 5.71. The van der Waals surface area contributed by atoms with Crippen LogP contribution in [0.3, 0.4) is 0 Å².